The number of pyridine rings is 1. The normalized spacial score (nSPS) is 12.7. The van der Waals surface area contributed by atoms with Crippen LogP contribution < -0.4 is 4.40 Å². The number of fused-ring (bicyclic) bond motifs is 6. The van der Waals surface area contributed by atoms with Gasteiger partial charge in [0.2, 0.25) is 0 Å². The van der Waals surface area contributed by atoms with Gasteiger partial charge in [-0.1, -0.05) is 55.4 Å². The maximum Gasteiger partial charge on any atom is 0 e. The Bertz CT molecular complexity index is 2290. The molecule has 3 aromatic heterocycles. The Hall–Kier alpha value is -3.39. The van der Waals surface area contributed by atoms with Crippen LogP contribution in [0.2, 0.25) is 17.3 Å². The van der Waals surface area contributed by atoms with Gasteiger partial charge < -0.3 is 5.11 Å². The number of aliphatic hydroxyl groups is 1. The molecule has 6 nitrogen and oxygen atoms in total. The molecule has 0 aliphatic heterocycles. The van der Waals surface area contributed by atoms with E-state index in [2.05, 4.69) is 80.5 Å². The predicted molar refractivity (Wildman–Crippen MR) is 221 cm³/mol. The van der Waals surface area contributed by atoms with E-state index in [0.717, 1.165) is 69.9 Å². The fourth-order valence-corrected chi connectivity index (χ4v) is 9.24. The second kappa shape index (κ2) is 16.5. The minimum absolute atomic E-state index is 0. The van der Waals surface area contributed by atoms with Crippen molar-refractivity contribution in [3.8, 4) is 11.3 Å². The number of nitrogens with zero attached hydrogens (tertiary/aromatic N) is 3. The van der Waals surface area contributed by atoms with E-state index < -0.39 is 13.3 Å². The number of hydrogen-bond donors (Lipinski definition) is 1. The molecular formula is C45H56GeIrN3O3-. The van der Waals surface area contributed by atoms with Crippen molar-refractivity contribution in [2.45, 2.75) is 111 Å². The van der Waals surface area contributed by atoms with Gasteiger partial charge in [-0.3, -0.25) is 4.79 Å². The van der Waals surface area contributed by atoms with Crippen LogP contribution in [0.15, 0.2) is 71.1 Å². The summed E-state index contributed by atoms with van der Waals surface area (Å²) in [6, 6.07) is 20.7. The molecule has 0 amide bonds. The molecule has 0 unspecified atom stereocenters. The van der Waals surface area contributed by atoms with Gasteiger partial charge in [0.15, 0.2) is 5.78 Å². The Morgan fingerprint density at radius 2 is 1.55 bits per heavy atom. The number of aromatic nitrogens is 3. The third-order valence-electron chi connectivity index (χ3n) is 11.5. The minimum Gasteiger partial charge on any atom is 0 e. The smallest absolute Gasteiger partial charge is 0 e. The summed E-state index contributed by atoms with van der Waals surface area (Å²) in [5.41, 5.74) is 5.77. The first kappa shape index (κ1) is 42.4. The molecule has 3 heterocycles. The molecule has 0 atom stereocenters. The number of carbonyl (C=O) groups excluding carboxylic acids is 1. The number of carbonyl (C=O) groups is 1. The van der Waals surface area contributed by atoms with Gasteiger partial charge in [-0.2, -0.15) is 0 Å². The van der Waals surface area contributed by atoms with Crippen LogP contribution in [-0.2, 0) is 24.9 Å². The average molecular weight is 952 g/mol. The van der Waals surface area contributed by atoms with Crippen molar-refractivity contribution in [2.24, 2.45) is 10.8 Å². The molecule has 283 valence electrons. The van der Waals surface area contributed by atoms with Crippen LogP contribution in [0.5, 0.6) is 0 Å². The van der Waals surface area contributed by atoms with Gasteiger partial charge in [0.25, 0.3) is 0 Å². The summed E-state index contributed by atoms with van der Waals surface area (Å²) in [5.74, 6) is 7.93. The Balaban J connectivity index is 0.000000299. The van der Waals surface area contributed by atoms with Crippen LogP contribution in [0.25, 0.3) is 55.0 Å². The zero-order valence-corrected chi connectivity index (χ0v) is 38.1. The molecule has 0 saturated heterocycles. The van der Waals surface area contributed by atoms with E-state index >= 15 is 0 Å². The maximum atomic E-state index is 12.2. The molecule has 53 heavy (non-hydrogen) atoms. The molecule has 1 N–H and O–H groups in total. The van der Waals surface area contributed by atoms with Crippen molar-refractivity contribution >= 4 is 67.2 Å². The second-order valence-corrected chi connectivity index (χ2v) is 26.8. The summed E-state index contributed by atoms with van der Waals surface area (Å²) in [6.45, 7) is 18.6. The molecule has 0 spiro atoms. The van der Waals surface area contributed by atoms with E-state index in [9.17, 15) is 9.90 Å². The molecule has 1 radical (unpaired) electrons. The Labute approximate surface area is 332 Å². The van der Waals surface area contributed by atoms with Gasteiger partial charge >= 0.3 is 177 Å². The summed E-state index contributed by atoms with van der Waals surface area (Å²) in [7, 11) is 0. The van der Waals surface area contributed by atoms with Crippen molar-refractivity contribution in [3.63, 3.8) is 0 Å². The standard InChI is InChI=1S/C30H28GeN3O.C15H28O2.Ir/c1-17(2)25-13-12-22-21-8-7-9-24(29(21)35-30(22)34-25)27-23-11-10-19-15-20(31(4,5)6)14-18(3)26(19)28(23)33-16-32-27;1-7-14(5,8-2)12(16)11-13(17)15(6,9-3)10-4;/h7-8,10-17H,1-6H3;11,16H,7-10H2,1-6H3;/q-1;;/b;12-11-;. The molecule has 0 aliphatic rings. The molecule has 3 aromatic carbocycles. The quantitative estimate of drug-likeness (QED) is 0.0484. The van der Waals surface area contributed by atoms with Crippen LogP contribution in [0, 0.1) is 23.8 Å². The van der Waals surface area contributed by atoms with Gasteiger partial charge in [0.05, 0.1) is 0 Å². The first-order chi connectivity index (χ1) is 24.5. The topological polar surface area (TPSA) is 89.1 Å². The van der Waals surface area contributed by atoms with Crippen LogP contribution >= 0.6 is 0 Å². The monoisotopic (exact) mass is 953 g/mol. The summed E-state index contributed by atoms with van der Waals surface area (Å²) < 4.78 is 7.86. The number of hydrogen-bond acceptors (Lipinski definition) is 6. The SMILES string of the molecule is CCC(C)(CC)C(=O)/C=C(\O)C(C)(CC)CC.Cc1c[c]([Ge]([CH3])([CH3])[CH3])cc2ccc3c(-c4[c-]ccc5c4oc4nc(C(C)C)ccc45)ncnc3c12.[Ir]. The number of furan rings is 1. The van der Waals surface area contributed by atoms with Crippen LogP contribution in [0.4, 0.5) is 0 Å². The molecule has 6 rings (SSSR count). The molecule has 6 aromatic rings. The van der Waals surface area contributed by atoms with Crippen molar-refractivity contribution in [1.82, 2.24) is 15.0 Å². The maximum absolute atomic E-state index is 12.2. The number of aryl methyl sites for hydroxylation is 1. The molecular weight excluding hydrogens is 895 g/mol. The van der Waals surface area contributed by atoms with Gasteiger partial charge in [-0.15, -0.1) is 0 Å². The van der Waals surface area contributed by atoms with E-state index in [-0.39, 0.29) is 42.5 Å². The van der Waals surface area contributed by atoms with Crippen LogP contribution in [0.3, 0.4) is 0 Å². The molecule has 0 bridgehead atoms. The predicted octanol–water partition coefficient (Wildman–Crippen LogP) is 12.2. The van der Waals surface area contributed by atoms with E-state index in [1.165, 1.54) is 26.8 Å². The molecule has 0 saturated carbocycles. The minimum atomic E-state index is -1.96. The van der Waals surface area contributed by atoms with E-state index in [4.69, 9.17) is 19.4 Å². The molecule has 8 heteroatoms. The zero-order valence-electron chi connectivity index (χ0n) is 33.6. The van der Waals surface area contributed by atoms with Crippen LogP contribution in [0.1, 0.15) is 98.2 Å². The number of allylic oxidation sites excluding steroid dienone is 2. The van der Waals surface area contributed by atoms with Crippen molar-refractivity contribution < 1.29 is 34.4 Å². The Kier molecular flexibility index (Phi) is 13.2. The van der Waals surface area contributed by atoms with Crippen LogP contribution in [-0.4, -0.2) is 39.1 Å². The van der Waals surface area contributed by atoms with E-state index in [0.29, 0.717) is 11.6 Å². The zero-order chi connectivity index (χ0) is 38.2. The van der Waals surface area contributed by atoms with Gasteiger partial charge in [-0.25, -0.2) is 0 Å². The summed E-state index contributed by atoms with van der Waals surface area (Å²) in [6.07, 6.45) is 6.42. The van der Waals surface area contributed by atoms with Crippen molar-refractivity contribution in [3.05, 3.63) is 84.0 Å². The average Bonchev–Trinajstić information content (AvgIpc) is 3.51. The van der Waals surface area contributed by atoms with E-state index in [1.807, 2.05) is 53.7 Å². The third kappa shape index (κ3) is 8.33. The third-order valence-corrected chi connectivity index (χ3v) is 15.8. The number of rotatable bonds is 10. The fraction of sp³-hybridized carbons (Fsp3) is 0.422. The Morgan fingerprint density at radius 3 is 2.15 bits per heavy atom. The largest absolute Gasteiger partial charge is 0 e. The van der Waals surface area contributed by atoms with E-state index in [1.54, 1.807) is 6.33 Å². The Morgan fingerprint density at radius 1 is 0.906 bits per heavy atom. The number of ketones is 1. The number of aliphatic hydroxyl groups excluding tert-OH is 1. The van der Waals surface area contributed by atoms with Gasteiger partial charge in [-0.05, 0) is 37.7 Å². The molecule has 0 fully saturated rings. The second-order valence-electron chi connectivity index (χ2n) is 16.2. The fourth-order valence-electron chi connectivity index (χ4n) is 6.64. The van der Waals surface area contributed by atoms with Crippen molar-refractivity contribution in [1.29, 1.82) is 0 Å². The molecule has 0 aliphatic carbocycles. The number of benzene rings is 3. The summed E-state index contributed by atoms with van der Waals surface area (Å²) in [5, 5.41) is 15.6. The first-order valence-electron chi connectivity index (χ1n) is 18.9. The van der Waals surface area contributed by atoms with Crippen molar-refractivity contribution in [2.75, 3.05) is 0 Å². The van der Waals surface area contributed by atoms with Gasteiger partial charge in [0.1, 0.15) is 5.76 Å². The summed E-state index contributed by atoms with van der Waals surface area (Å²) in [4.78, 5) is 26.4. The first-order valence-corrected chi connectivity index (χ1v) is 26.2. The van der Waals surface area contributed by atoms with Gasteiger partial charge in [0, 0.05) is 42.7 Å². The summed E-state index contributed by atoms with van der Waals surface area (Å²) >= 11 is -1.96.